The third-order valence-electron chi connectivity index (χ3n) is 2.47. The molecular formula is C9H21NO. The lowest BCUT2D eigenvalue weighted by Crippen LogP contribution is -2.49. The summed E-state index contributed by atoms with van der Waals surface area (Å²) in [5, 5.41) is 3.55. The first-order valence-electron chi connectivity index (χ1n) is 4.16. The molecule has 0 aromatic heterocycles. The van der Waals surface area contributed by atoms with Gasteiger partial charge in [0.2, 0.25) is 0 Å². The van der Waals surface area contributed by atoms with E-state index in [4.69, 9.17) is 0 Å². The molecule has 0 bridgehead atoms. The second-order valence-electron chi connectivity index (χ2n) is 4.90. The molecule has 3 N–H and O–H groups in total. The van der Waals surface area contributed by atoms with Gasteiger partial charge in [-0.25, -0.2) is 0 Å². The lowest BCUT2D eigenvalue weighted by Gasteiger charge is -2.40. The van der Waals surface area contributed by atoms with Crippen LogP contribution in [0.5, 0.6) is 0 Å². The zero-order chi connectivity index (χ0) is 7.83. The van der Waals surface area contributed by atoms with Crippen LogP contribution in [0.3, 0.4) is 0 Å². The molecule has 2 nitrogen and oxygen atoms in total. The zero-order valence-corrected chi connectivity index (χ0v) is 8.12. The van der Waals surface area contributed by atoms with Crippen molar-refractivity contribution in [3.63, 3.8) is 0 Å². The van der Waals surface area contributed by atoms with Crippen LogP contribution in [0.15, 0.2) is 0 Å². The summed E-state index contributed by atoms with van der Waals surface area (Å²) in [6.07, 6.45) is 2.66. The van der Waals surface area contributed by atoms with Crippen molar-refractivity contribution < 1.29 is 5.48 Å². The summed E-state index contributed by atoms with van der Waals surface area (Å²) in [5.74, 6) is 0. The van der Waals surface area contributed by atoms with Crippen molar-refractivity contribution in [3.05, 3.63) is 0 Å². The van der Waals surface area contributed by atoms with Crippen LogP contribution in [-0.2, 0) is 0 Å². The molecule has 1 rings (SSSR count). The number of hydrogen-bond acceptors (Lipinski definition) is 1. The largest absolute Gasteiger partial charge is 0.412 e. The Morgan fingerprint density at radius 3 is 1.82 bits per heavy atom. The molecule has 0 amide bonds. The van der Waals surface area contributed by atoms with E-state index in [9.17, 15) is 0 Å². The summed E-state index contributed by atoms with van der Waals surface area (Å²) < 4.78 is 0. The highest BCUT2D eigenvalue weighted by atomic mass is 16.0. The monoisotopic (exact) mass is 159 g/mol. The summed E-state index contributed by atoms with van der Waals surface area (Å²) in [6.45, 7) is 10.4. The van der Waals surface area contributed by atoms with Gasteiger partial charge in [0, 0.05) is 12.1 Å². The van der Waals surface area contributed by atoms with E-state index in [0.29, 0.717) is 11.0 Å². The van der Waals surface area contributed by atoms with Gasteiger partial charge in [0.25, 0.3) is 0 Å². The molecule has 0 saturated carbocycles. The van der Waals surface area contributed by atoms with Gasteiger partial charge in [0.1, 0.15) is 0 Å². The van der Waals surface area contributed by atoms with Crippen LogP contribution < -0.4 is 5.32 Å². The maximum absolute atomic E-state index is 3.55. The van der Waals surface area contributed by atoms with Crippen molar-refractivity contribution in [2.45, 2.75) is 46.1 Å². The second kappa shape index (κ2) is 3.11. The third-order valence-corrected chi connectivity index (χ3v) is 2.47. The molecule has 1 aliphatic heterocycles. The molecule has 2 heteroatoms. The van der Waals surface area contributed by atoms with Crippen molar-refractivity contribution in [1.29, 1.82) is 0 Å². The van der Waals surface area contributed by atoms with E-state index in [1.807, 2.05) is 0 Å². The van der Waals surface area contributed by atoms with Gasteiger partial charge in [-0.2, -0.15) is 0 Å². The molecule has 0 atom stereocenters. The van der Waals surface area contributed by atoms with E-state index in [2.05, 4.69) is 33.0 Å². The Morgan fingerprint density at radius 1 is 1.00 bits per heavy atom. The van der Waals surface area contributed by atoms with Gasteiger partial charge < -0.3 is 10.8 Å². The first-order chi connectivity index (χ1) is 4.41. The molecule has 0 radical (unpaired) electrons. The van der Waals surface area contributed by atoms with Crippen molar-refractivity contribution in [2.24, 2.45) is 5.41 Å². The van der Waals surface area contributed by atoms with Crippen LogP contribution in [0.1, 0.15) is 40.5 Å². The molecule has 1 saturated heterocycles. The maximum atomic E-state index is 3.55. The highest BCUT2D eigenvalue weighted by Gasteiger charge is 2.30. The fourth-order valence-corrected chi connectivity index (χ4v) is 1.31. The van der Waals surface area contributed by atoms with Crippen molar-refractivity contribution >= 4 is 0 Å². The van der Waals surface area contributed by atoms with Crippen molar-refractivity contribution in [2.75, 3.05) is 6.54 Å². The smallest absolute Gasteiger partial charge is 0.0125 e. The molecule has 68 valence electrons. The minimum Gasteiger partial charge on any atom is -0.412 e. The first kappa shape index (κ1) is 10.9. The van der Waals surface area contributed by atoms with Crippen LogP contribution in [0.4, 0.5) is 0 Å². The molecule has 1 aliphatic rings. The minimum atomic E-state index is 0. The lowest BCUT2D eigenvalue weighted by atomic mass is 9.78. The van der Waals surface area contributed by atoms with Gasteiger partial charge in [-0.3, -0.25) is 0 Å². The predicted molar refractivity (Wildman–Crippen MR) is 48.7 cm³/mol. The second-order valence-corrected chi connectivity index (χ2v) is 4.90. The first-order valence-corrected chi connectivity index (χ1v) is 4.16. The maximum Gasteiger partial charge on any atom is 0.0125 e. The summed E-state index contributed by atoms with van der Waals surface area (Å²) in [7, 11) is 0. The highest BCUT2D eigenvalue weighted by Crippen LogP contribution is 2.30. The third kappa shape index (κ3) is 3.21. The number of hydrogen-bond donors (Lipinski definition) is 1. The zero-order valence-electron chi connectivity index (χ0n) is 8.12. The van der Waals surface area contributed by atoms with E-state index >= 15 is 0 Å². The molecule has 0 unspecified atom stereocenters. The minimum absolute atomic E-state index is 0. The Hall–Kier alpha value is -0.0800. The molecule has 1 heterocycles. The SMILES string of the molecule is CC1(C)CCC(C)(C)NC1.O. The highest BCUT2D eigenvalue weighted by molar-refractivity contribution is 4.88. The van der Waals surface area contributed by atoms with Crippen molar-refractivity contribution in [1.82, 2.24) is 5.32 Å². The summed E-state index contributed by atoms with van der Waals surface area (Å²) in [6, 6.07) is 0. The Morgan fingerprint density at radius 2 is 1.55 bits per heavy atom. The summed E-state index contributed by atoms with van der Waals surface area (Å²) >= 11 is 0. The van der Waals surface area contributed by atoms with E-state index in [0.717, 1.165) is 0 Å². The lowest BCUT2D eigenvalue weighted by molar-refractivity contribution is 0.175. The van der Waals surface area contributed by atoms with E-state index in [1.54, 1.807) is 0 Å². The number of rotatable bonds is 0. The molecule has 0 aromatic carbocycles. The van der Waals surface area contributed by atoms with Gasteiger partial charge in [-0.1, -0.05) is 13.8 Å². The Kier molecular flexibility index (Phi) is 3.09. The molecular weight excluding hydrogens is 138 g/mol. The molecule has 0 aliphatic carbocycles. The van der Waals surface area contributed by atoms with Crippen LogP contribution >= 0.6 is 0 Å². The normalized spacial score (nSPS) is 27.3. The Bertz CT molecular complexity index is 102. The van der Waals surface area contributed by atoms with E-state index < -0.39 is 0 Å². The van der Waals surface area contributed by atoms with Gasteiger partial charge in [-0.15, -0.1) is 0 Å². The Balaban J connectivity index is 0.000001000. The van der Waals surface area contributed by atoms with Crippen LogP contribution in [0, 0.1) is 5.41 Å². The van der Waals surface area contributed by atoms with Crippen molar-refractivity contribution in [3.8, 4) is 0 Å². The van der Waals surface area contributed by atoms with E-state index in [-0.39, 0.29) is 5.48 Å². The molecule has 0 spiro atoms. The fraction of sp³-hybridized carbons (Fsp3) is 1.00. The molecule has 1 fully saturated rings. The summed E-state index contributed by atoms with van der Waals surface area (Å²) in [4.78, 5) is 0. The summed E-state index contributed by atoms with van der Waals surface area (Å²) in [5.41, 5.74) is 0.908. The topological polar surface area (TPSA) is 43.5 Å². The molecule has 0 aromatic rings. The predicted octanol–water partition coefficient (Wildman–Crippen LogP) is 1.35. The van der Waals surface area contributed by atoms with E-state index in [1.165, 1.54) is 19.4 Å². The standard InChI is InChI=1S/C9H19N.H2O/c1-8(2)5-6-9(3,4)10-7-8;/h10H,5-7H2,1-4H3;1H2. The molecule has 11 heavy (non-hydrogen) atoms. The van der Waals surface area contributed by atoms with Crippen LogP contribution in [-0.4, -0.2) is 17.6 Å². The van der Waals surface area contributed by atoms with Gasteiger partial charge in [-0.05, 0) is 32.1 Å². The van der Waals surface area contributed by atoms with Gasteiger partial charge in [0.15, 0.2) is 0 Å². The Labute approximate surface area is 69.7 Å². The quantitative estimate of drug-likeness (QED) is 0.569. The van der Waals surface area contributed by atoms with Crippen LogP contribution in [0.2, 0.25) is 0 Å². The number of nitrogens with one attached hydrogen (secondary N) is 1. The average Bonchev–Trinajstić information content (AvgIpc) is 1.79. The van der Waals surface area contributed by atoms with Gasteiger partial charge in [0.05, 0.1) is 0 Å². The average molecular weight is 159 g/mol. The van der Waals surface area contributed by atoms with Gasteiger partial charge >= 0.3 is 0 Å². The van der Waals surface area contributed by atoms with Crippen LogP contribution in [0.25, 0.3) is 0 Å². The number of piperidine rings is 1. The fourth-order valence-electron chi connectivity index (χ4n) is 1.31.